The van der Waals surface area contributed by atoms with Crippen LogP contribution in [-0.2, 0) is 17.8 Å². The van der Waals surface area contributed by atoms with Gasteiger partial charge in [0.05, 0.1) is 0 Å². The van der Waals surface area contributed by atoms with Crippen molar-refractivity contribution in [2.75, 3.05) is 18.5 Å². The summed E-state index contributed by atoms with van der Waals surface area (Å²) >= 11 is 0. The fraction of sp³-hybridized carbons (Fsp3) is 0.417. The number of anilines is 1. The van der Waals surface area contributed by atoms with Crippen LogP contribution in [0.3, 0.4) is 0 Å². The van der Waals surface area contributed by atoms with E-state index in [9.17, 15) is 18.0 Å². The summed E-state index contributed by atoms with van der Waals surface area (Å²) in [6.07, 6.45) is -3.94. The number of benzene rings is 1. The molecule has 0 aromatic heterocycles. The minimum absolute atomic E-state index is 0.102. The van der Waals surface area contributed by atoms with Crippen molar-refractivity contribution in [1.82, 2.24) is 5.32 Å². The van der Waals surface area contributed by atoms with E-state index in [1.165, 1.54) is 0 Å². The molecule has 1 heterocycles. The molecule has 0 unspecified atom stereocenters. The first-order valence-corrected chi connectivity index (χ1v) is 5.56. The molecule has 0 fully saturated rings. The van der Waals surface area contributed by atoms with Gasteiger partial charge in [-0.1, -0.05) is 12.1 Å². The molecule has 1 N–H and O–H groups in total. The molecule has 1 aliphatic rings. The van der Waals surface area contributed by atoms with Gasteiger partial charge in [0.2, 0.25) is 0 Å². The summed E-state index contributed by atoms with van der Waals surface area (Å²) in [4.78, 5) is 12.8. The van der Waals surface area contributed by atoms with Crippen molar-refractivity contribution in [2.45, 2.75) is 19.1 Å². The zero-order valence-electron chi connectivity index (χ0n) is 9.84. The van der Waals surface area contributed by atoms with Crippen molar-refractivity contribution in [3.05, 3.63) is 29.3 Å². The minimum atomic E-state index is -4.82. The first-order valence-electron chi connectivity index (χ1n) is 5.56. The van der Waals surface area contributed by atoms with Crippen molar-refractivity contribution in [3.8, 4) is 0 Å². The molecule has 0 radical (unpaired) electrons. The maximum Gasteiger partial charge on any atom is 0.471 e. The van der Waals surface area contributed by atoms with Gasteiger partial charge in [-0.25, -0.2) is 0 Å². The van der Waals surface area contributed by atoms with Crippen molar-refractivity contribution < 1.29 is 18.0 Å². The van der Waals surface area contributed by atoms with Crippen molar-refractivity contribution in [2.24, 2.45) is 0 Å². The van der Waals surface area contributed by atoms with Crippen LogP contribution in [0.4, 0.5) is 18.9 Å². The van der Waals surface area contributed by atoms with Crippen LogP contribution in [0.2, 0.25) is 0 Å². The molecule has 0 saturated heterocycles. The zero-order valence-corrected chi connectivity index (χ0v) is 9.84. The largest absolute Gasteiger partial charge is 0.471 e. The Kier molecular flexibility index (Phi) is 3.19. The number of hydrogen-bond donors (Lipinski definition) is 1. The minimum Gasteiger partial charge on any atom is -0.374 e. The maximum atomic E-state index is 12.0. The molecule has 1 aromatic rings. The Morgan fingerprint density at radius 3 is 2.83 bits per heavy atom. The molecule has 2 rings (SSSR count). The molecule has 6 heteroatoms. The summed E-state index contributed by atoms with van der Waals surface area (Å²) in [5, 5.41) is 1.86. The summed E-state index contributed by atoms with van der Waals surface area (Å²) in [5.74, 6) is -1.90. The van der Waals surface area contributed by atoms with E-state index in [4.69, 9.17) is 0 Å². The molecule has 0 saturated carbocycles. The van der Waals surface area contributed by atoms with E-state index >= 15 is 0 Å². The van der Waals surface area contributed by atoms with E-state index in [-0.39, 0.29) is 6.54 Å². The second-order valence-electron chi connectivity index (χ2n) is 4.32. The van der Waals surface area contributed by atoms with Crippen molar-refractivity contribution in [1.29, 1.82) is 0 Å². The first kappa shape index (κ1) is 12.7. The van der Waals surface area contributed by atoms with Crippen LogP contribution in [0.1, 0.15) is 11.1 Å². The standard InChI is InChI=1S/C12H13F3N2O/c1-17-5-4-9-6-8(2-3-10(9)17)7-16-11(18)12(13,14)15/h2-3,6H,4-5,7H2,1H3,(H,16,18). The number of fused-ring (bicyclic) bond motifs is 1. The SMILES string of the molecule is CN1CCc2cc(CNC(=O)C(F)(F)F)ccc21. The van der Waals surface area contributed by atoms with E-state index in [2.05, 4.69) is 4.90 Å². The van der Waals surface area contributed by atoms with E-state index in [0.717, 1.165) is 24.2 Å². The summed E-state index contributed by atoms with van der Waals surface area (Å²) in [5.41, 5.74) is 2.89. The number of amides is 1. The highest BCUT2D eigenvalue weighted by molar-refractivity contribution is 5.81. The Morgan fingerprint density at radius 2 is 2.17 bits per heavy atom. The fourth-order valence-electron chi connectivity index (χ4n) is 2.01. The van der Waals surface area contributed by atoms with E-state index < -0.39 is 12.1 Å². The number of hydrogen-bond acceptors (Lipinski definition) is 2. The number of carbonyl (C=O) groups excluding carboxylic acids is 1. The van der Waals surface area contributed by atoms with Gasteiger partial charge in [0.15, 0.2) is 0 Å². The lowest BCUT2D eigenvalue weighted by molar-refractivity contribution is -0.173. The van der Waals surface area contributed by atoms with Gasteiger partial charge < -0.3 is 10.2 Å². The second-order valence-corrected chi connectivity index (χ2v) is 4.32. The zero-order chi connectivity index (χ0) is 13.3. The lowest BCUT2D eigenvalue weighted by atomic mass is 10.1. The van der Waals surface area contributed by atoms with E-state index in [1.807, 2.05) is 24.5 Å². The molecule has 18 heavy (non-hydrogen) atoms. The second kappa shape index (κ2) is 4.51. The molecule has 1 aliphatic heterocycles. The highest BCUT2D eigenvalue weighted by atomic mass is 19.4. The van der Waals surface area contributed by atoms with E-state index in [0.29, 0.717) is 5.56 Å². The summed E-state index contributed by atoms with van der Waals surface area (Å²) in [6.45, 7) is 0.809. The number of likely N-dealkylation sites (N-methyl/N-ethyl adjacent to an activating group) is 1. The Bertz CT molecular complexity index is 471. The molecule has 1 aromatic carbocycles. The monoisotopic (exact) mass is 258 g/mol. The molecule has 1 amide bonds. The third-order valence-electron chi connectivity index (χ3n) is 2.98. The third kappa shape index (κ3) is 2.57. The Hall–Kier alpha value is -1.72. The average molecular weight is 258 g/mol. The molecule has 0 atom stereocenters. The summed E-state index contributed by atoms with van der Waals surface area (Å²) < 4.78 is 36.0. The molecular formula is C12H13F3N2O. The highest BCUT2D eigenvalue weighted by Crippen LogP contribution is 2.27. The molecule has 0 aliphatic carbocycles. The Balaban J connectivity index is 2.02. The topological polar surface area (TPSA) is 32.3 Å². The predicted octanol–water partition coefficient (Wildman–Crippen LogP) is 1.86. The third-order valence-corrected chi connectivity index (χ3v) is 2.98. The number of carbonyl (C=O) groups is 1. The van der Waals surface area contributed by atoms with Gasteiger partial charge in [0, 0.05) is 25.8 Å². The molecule has 3 nitrogen and oxygen atoms in total. The van der Waals surface area contributed by atoms with E-state index in [1.54, 1.807) is 6.07 Å². The van der Waals surface area contributed by atoms with Gasteiger partial charge in [0.25, 0.3) is 0 Å². The van der Waals surface area contributed by atoms with Crippen LogP contribution >= 0.6 is 0 Å². The van der Waals surface area contributed by atoms with Crippen LogP contribution < -0.4 is 10.2 Å². The molecule has 0 bridgehead atoms. The normalized spacial score (nSPS) is 14.6. The number of rotatable bonds is 2. The van der Waals surface area contributed by atoms with Gasteiger partial charge >= 0.3 is 12.1 Å². The van der Waals surface area contributed by atoms with Crippen molar-refractivity contribution in [3.63, 3.8) is 0 Å². The highest BCUT2D eigenvalue weighted by Gasteiger charge is 2.38. The van der Waals surface area contributed by atoms with Crippen LogP contribution in [0.15, 0.2) is 18.2 Å². The summed E-state index contributed by atoms with van der Waals surface area (Å²) in [7, 11) is 1.97. The van der Waals surface area contributed by atoms with Gasteiger partial charge in [-0.3, -0.25) is 4.79 Å². The summed E-state index contributed by atoms with van der Waals surface area (Å²) in [6, 6.07) is 5.45. The lowest BCUT2D eigenvalue weighted by Gasteiger charge is -2.12. The molecule has 0 spiro atoms. The van der Waals surface area contributed by atoms with Crippen LogP contribution in [-0.4, -0.2) is 25.7 Å². The van der Waals surface area contributed by atoms with Gasteiger partial charge in [-0.05, 0) is 23.6 Å². The fourth-order valence-corrected chi connectivity index (χ4v) is 2.01. The first-order chi connectivity index (χ1) is 8.38. The van der Waals surface area contributed by atoms with Gasteiger partial charge in [-0.15, -0.1) is 0 Å². The molecule has 98 valence electrons. The average Bonchev–Trinajstić information content (AvgIpc) is 2.66. The van der Waals surface area contributed by atoms with Crippen LogP contribution in [0.5, 0.6) is 0 Å². The number of nitrogens with zero attached hydrogens (tertiary/aromatic N) is 1. The van der Waals surface area contributed by atoms with Crippen LogP contribution in [0.25, 0.3) is 0 Å². The number of alkyl halides is 3. The van der Waals surface area contributed by atoms with Crippen molar-refractivity contribution >= 4 is 11.6 Å². The molecular weight excluding hydrogens is 245 g/mol. The van der Waals surface area contributed by atoms with Gasteiger partial charge in [-0.2, -0.15) is 13.2 Å². The quantitative estimate of drug-likeness (QED) is 0.878. The predicted molar refractivity (Wildman–Crippen MR) is 61.3 cm³/mol. The van der Waals surface area contributed by atoms with Gasteiger partial charge in [0.1, 0.15) is 0 Å². The number of halogens is 3. The maximum absolute atomic E-state index is 12.0. The number of nitrogens with one attached hydrogen (secondary N) is 1. The lowest BCUT2D eigenvalue weighted by Crippen LogP contribution is -2.36. The smallest absolute Gasteiger partial charge is 0.374 e. The van der Waals surface area contributed by atoms with Crippen LogP contribution in [0, 0.1) is 0 Å². The Morgan fingerprint density at radius 1 is 1.44 bits per heavy atom. The Labute approximate surface area is 103 Å².